The van der Waals surface area contributed by atoms with E-state index < -0.39 is 5.82 Å². The number of hydrogen-bond acceptors (Lipinski definition) is 7. The first-order valence-corrected chi connectivity index (χ1v) is 11.9. The zero-order valence-corrected chi connectivity index (χ0v) is 20.6. The molecule has 0 saturated carbocycles. The molecular weight excluding hydrogens is 467 g/mol. The predicted octanol–water partition coefficient (Wildman–Crippen LogP) is 4.89. The maximum absolute atomic E-state index is 16.2. The Morgan fingerprint density at radius 2 is 1.84 bits per heavy atom. The molecule has 6 rings (SSSR count). The highest BCUT2D eigenvalue weighted by atomic mass is 19.1. The van der Waals surface area contributed by atoms with Crippen LogP contribution in [-0.4, -0.2) is 39.0 Å². The largest absolute Gasteiger partial charge is 0.376 e. The van der Waals surface area contributed by atoms with E-state index in [4.69, 9.17) is 4.98 Å². The van der Waals surface area contributed by atoms with Crippen LogP contribution in [-0.2, 0) is 0 Å². The number of anilines is 2. The molecule has 2 aliphatic rings. The SMILES string of the molecule is CC1C=CC=C(c2ccncc2)c2nc(C3=CNNc4ncc(-c5cncc(N(C)C)c5)c(F)c43)[nH]c21. The van der Waals surface area contributed by atoms with Gasteiger partial charge in [0.15, 0.2) is 5.82 Å². The van der Waals surface area contributed by atoms with E-state index in [1.807, 2.05) is 43.3 Å². The van der Waals surface area contributed by atoms with E-state index in [-0.39, 0.29) is 5.92 Å². The first-order chi connectivity index (χ1) is 18.0. The molecule has 9 heteroatoms. The summed E-state index contributed by atoms with van der Waals surface area (Å²) >= 11 is 0. The number of hydrazine groups is 1. The second-order valence-electron chi connectivity index (χ2n) is 9.20. The van der Waals surface area contributed by atoms with E-state index in [0.29, 0.717) is 33.9 Å². The second kappa shape index (κ2) is 9.02. The molecule has 1 unspecified atom stereocenters. The van der Waals surface area contributed by atoms with Gasteiger partial charge in [0.05, 0.1) is 23.1 Å². The lowest BCUT2D eigenvalue weighted by atomic mass is 9.99. The predicted molar refractivity (Wildman–Crippen MR) is 143 cm³/mol. The number of nitrogens with zero attached hydrogens (tertiary/aromatic N) is 5. The Hall–Kier alpha value is -4.79. The van der Waals surface area contributed by atoms with Crippen molar-refractivity contribution in [2.75, 3.05) is 24.4 Å². The van der Waals surface area contributed by atoms with Crippen molar-refractivity contribution >= 4 is 22.7 Å². The molecule has 0 amide bonds. The summed E-state index contributed by atoms with van der Waals surface area (Å²) in [4.78, 5) is 23.3. The van der Waals surface area contributed by atoms with Gasteiger partial charge in [0.25, 0.3) is 0 Å². The fraction of sp³-hybridized carbons (Fsp3) is 0.143. The van der Waals surface area contributed by atoms with Gasteiger partial charge in [-0.2, -0.15) is 0 Å². The van der Waals surface area contributed by atoms with Crippen molar-refractivity contribution in [2.45, 2.75) is 12.8 Å². The summed E-state index contributed by atoms with van der Waals surface area (Å²) in [6.45, 7) is 2.11. The fourth-order valence-electron chi connectivity index (χ4n) is 4.59. The number of aromatic amines is 1. The van der Waals surface area contributed by atoms with Crippen molar-refractivity contribution in [3.8, 4) is 11.1 Å². The van der Waals surface area contributed by atoms with Gasteiger partial charge >= 0.3 is 0 Å². The first-order valence-electron chi connectivity index (χ1n) is 11.9. The maximum atomic E-state index is 16.2. The van der Waals surface area contributed by atoms with Crippen LogP contribution in [0, 0.1) is 5.82 Å². The highest BCUT2D eigenvalue weighted by Crippen LogP contribution is 2.39. The van der Waals surface area contributed by atoms with Crippen LogP contribution in [0.2, 0.25) is 0 Å². The van der Waals surface area contributed by atoms with E-state index in [2.05, 4.69) is 49.9 Å². The maximum Gasteiger partial charge on any atom is 0.155 e. The number of hydrogen-bond donors (Lipinski definition) is 3. The standard InChI is InChI=1S/C28H25FN8/c1-16-5-4-6-20(17-7-9-30-10-8-17)26-25(16)34-27(35-26)22-15-33-36-28-23(22)24(29)21(14-32-28)18-11-19(37(2)3)13-31-12-18/h4-16,33H,1-3H3,(H,32,36)(H,34,35). The van der Waals surface area contributed by atoms with E-state index in [9.17, 15) is 0 Å². The van der Waals surface area contributed by atoms with Crippen molar-refractivity contribution in [3.05, 3.63) is 108 Å². The van der Waals surface area contributed by atoms with Crippen LogP contribution in [0.5, 0.6) is 0 Å². The van der Waals surface area contributed by atoms with Crippen LogP contribution in [0.3, 0.4) is 0 Å². The van der Waals surface area contributed by atoms with Crippen LogP contribution in [0.25, 0.3) is 22.3 Å². The Bertz CT molecular complexity index is 1580. The molecule has 4 aromatic rings. The monoisotopic (exact) mass is 492 g/mol. The zero-order chi connectivity index (χ0) is 25.5. The molecule has 3 N–H and O–H groups in total. The third-order valence-electron chi connectivity index (χ3n) is 6.59. The molecule has 0 aromatic carbocycles. The van der Waals surface area contributed by atoms with Gasteiger partial charge in [-0.25, -0.2) is 14.4 Å². The molecule has 5 heterocycles. The topological polar surface area (TPSA) is 94.7 Å². The fourth-order valence-corrected chi connectivity index (χ4v) is 4.59. The Balaban J connectivity index is 1.47. The highest BCUT2D eigenvalue weighted by Gasteiger charge is 2.28. The number of halogens is 1. The van der Waals surface area contributed by atoms with E-state index in [0.717, 1.165) is 28.2 Å². The average molecular weight is 493 g/mol. The summed E-state index contributed by atoms with van der Waals surface area (Å²) in [5.74, 6) is 0.642. The van der Waals surface area contributed by atoms with Crippen molar-refractivity contribution in [3.63, 3.8) is 0 Å². The lowest BCUT2D eigenvalue weighted by Crippen LogP contribution is -2.23. The van der Waals surface area contributed by atoms with Gasteiger partial charge in [-0.05, 0) is 23.8 Å². The number of imidazole rings is 1. The van der Waals surface area contributed by atoms with Crippen molar-refractivity contribution in [2.24, 2.45) is 0 Å². The van der Waals surface area contributed by atoms with Crippen molar-refractivity contribution in [1.29, 1.82) is 0 Å². The van der Waals surface area contributed by atoms with Gasteiger partial charge in [-0.3, -0.25) is 15.4 Å². The van der Waals surface area contributed by atoms with Crippen LogP contribution < -0.4 is 15.8 Å². The number of H-pyrrole nitrogens is 1. The van der Waals surface area contributed by atoms with Crippen molar-refractivity contribution < 1.29 is 4.39 Å². The quantitative estimate of drug-likeness (QED) is 0.373. The summed E-state index contributed by atoms with van der Waals surface area (Å²) in [5, 5.41) is 0. The molecule has 4 aromatic heterocycles. The van der Waals surface area contributed by atoms with Gasteiger partial charge in [-0.1, -0.05) is 25.2 Å². The molecule has 0 bridgehead atoms. The lowest BCUT2D eigenvalue weighted by molar-refractivity contribution is 0.624. The molecule has 8 nitrogen and oxygen atoms in total. The number of nitrogens with one attached hydrogen (secondary N) is 3. The Morgan fingerprint density at radius 1 is 1.00 bits per heavy atom. The van der Waals surface area contributed by atoms with Gasteiger partial charge < -0.3 is 15.3 Å². The number of fused-ring (bicyclic) bond motifs is 2. The highest BCUT2D eigenvalue weighted by molar-refractivity contribution is 5.89. The molecule has 184 valence electrons. The van der Waals surface area contributed by atoms with Gasteiger partial charge in [0, 0.05) is 79.0 Å². The lowest BCUT2D eigenvalue weighted by Gasteiger charge is -2.21. The van der Waals surface area contributed by atoms with Gasteiger partial charge in [-0.15, -0.1) is 0 Å². The summed E-state index contributed by atoms with van der Waals surface area (Å²) < 4.78 is 16.2. The van der Waals surface area contributed by atoms with Crippen LogP contribution in [0.4, 0.5) is 15.9 Å². The molecule has 0 saturated heterocycles. The molecular formula is C28H25FN8. The molecule has 1 aliphatic carbocycles. The first kappa shape index (κ1) is 22.7. The van der Waals surface area contributed by atoms with Crippen LogP contribution >= 0.6 is 0 Å². The number of aromatic nitrogens is 5. The van der Waals surface area contributed by atoms with E-state index >= 15 is 4.39 Å². The second-order valence-corrected chi connectivity index (χ2v) is 9.20. The Labute approximate surface area is 213 Å². The van der Waals surface area contributed by atoms with Crippen molar-refractivity contribution in [1.82, 2.24) is 30.3 Å². The number of pyridine rings is 3. The third kappa shape index (κ3) is 3.94. The van der Waals surface area contributed by atoms with Gasteiger partial charge in [0.1, 0.15) is 11.6 Å². The summed E-state index contributed by atoms with van der Waals surface area (Å²) in [7, 11) is 3.84. The minimum Gasteiger partial charge on any atom is -0.376 e. The molecule has 0 radical (unpaired) electrons. The van der Waals surface area contributed by atoms with Gasteiger partial charge in [0.2, 0.25) is 0 Å². The zero-order valence-electron chi connectivity index (χ0n) is 20.6. The molecule has 37 heavy (non-hydrogen) atoms. The molecule has 0 fully saturated rings. The van der Waals surface area contributed by atoms with Crippen LogP contribution in [0.15, 0.2) is 73.6 Å². The van der Waals surface area contributed by atoms with E-state index in [1.165, 1.54) is 6.20 Å². The Morgan fingerprint density at radius 3 is 2.65 bits per heavy atom. The smallest absolute Gasteiger partial charge is 0.155 e. The minimum absolute atomic E-state index is 0.0933. The molecule has 0 spiro atoms. The minimum atomic E-state index is -0.396. The number of rotatable bonds is 4. The summed E-state index contributed by atoms with van der Waals surface area (Å²) in [6.07, 6.45) is 16.4. The number of allylic oxidation sites excluding steroid dienone is 3. The summed E-state index contributed by atoms with van der Waals surface area (Å²) in [6, 6.07) is 5.81. The average Bonchev–Trinajstić information content (AvgIpc) is 3.30. The third-order valence-corrected chi connectivity index (χ3v) is 6.59. The molecule has 1 atom stereocenters. The summed E-state index contributed by atoms with van der Waals surface area (Å²) in [5.41, 5.74) is 12.5. The Kier molecular flexibility index (Phi) is 5.52. The normalized spacial score (nSPS) is 15.9. The van der Waals surface area contributed by atoms with Crippen LogP contribution in [0.1, 0.15) is 41.2 Å². The van der Waals surface area contributed by atoms with E-state index in [1.54, 1.807) is 31.0 Å². The molecule has 1 aliphatic heterocycles.